The van der Waals surface area contributed by atoms with Crippen molar-refractivity contribution in [2.24, 2.45) is 0 Å². The number of aromatic nitrogens is 5. The quantitative estimate of drug-likeness (QED) is 0.736. The second kappa shape index (κ2) is 7.66. The molecule has 3 heterocycles. The number of rotatable bonds is 6. The first kappa shape index (κ1) is 18.1. The molecule has 0 saturated carbocycles. The molecule has 0 fully saturated rings. The Labute approximate surface area is 153 Å². The predicted molar refractivity (Wildman–Crippen MR) is 99.5 cm³/mol. The maximum atomic E-state index is 9.86. The molecule has 3 aromatic rings. The van der Waals surface area contributed by atoms with Crippen LogP contribution in [0.15, 0.2) is 43.0 Å². The maximum absolute atomic E-state index is 9.86. The van der Waals surface area contributed by atoms with Crippen LogP contribution in [-0.2, 0) is 12.8 Å². The van der Waals surface area contributed by atoms with Crippen LogP contribution in [0.25, 0.3) is 11.3 Å². The fraction of sp³-hybridized carbons (Fsp3) is 0.350. The number of nitrogens with zero attached hydrogens (tertiary/aromatic N) is 5. The molecule has 6 nitrogen and oxygen atoms in total. The highest BCUT2D eigenvalue weighted by Crippen LogP contribution is 2.20. The number of hydrogen-bond donors (Lipinski definition) is 1. The number of pyridine rings is 1. The van der Waals surface area contributed by atoms with E-state index in [9.17, 15) is 5.11 Å². The van der Waals surface area contributed by atoms with Crippen molar-refractivity contribution in [2.75, 3.05) is 0 Å². The second-order valence-corrected chi connectivity index (χ2v) is 6.99. The molecule has 0 amide bonds. The molecule has 0 aliphatic rings. The van der Waals surface area contributed by atoms with E-state index in [0.29, 0.717) is 19.3 Å². The van der Waals surface area contributed by atoms with E-state index in [2.05, 4.69) is 24.9 Å². The highest BCUT2D eigenvalue weighted by atomic mass is 16.3. The molecule has 6 heteroatoms. The lowest BCUT2D eigenvalue weighted by Crippen LogP contribution is -2.19. The molecule has 0 bridgehead atoms. The van der Waals surface area contributed by atoms with Gasteiger partial charge in [-0.15, -0.1) is 0 Å². The van der Waals surface area contributed by atoms with Gasteiger partial charge in [0.1, 0.15) is 11.6 Å². The molecule has 0 aliphatic heterocycles. The van der Waals surface area contributed by atoms with E-state index >= 15 is 0 Å². The van der Waals surface area contributed by atoms with E-state index in [4.69, 9.17) is 0 Å². The zero-order chi connectivity index (χ0) is 18.6. The van der Waals surface area contributed by atoms with Gasteiger partial charge in [-0.25, -0.2) is 19.9 Å². The number of hydrogen-bond acceptors (Lipinski definition) is 6. The van der Waals surface area contributed by atoms with E-state index in [1.165, 1.54) is 0 Å². The summed E-state index contributed by atoms with van der Waals surface area (Å²) in [5.41, 5.74) is 2.99. The summed E-state index contributed by atoms with van der Waals surface area (Å²) in [6.45, 7) is 5.54. The predicted octanol–water partition coefficient (Wildman–Crippen LogP) is 2.93. The number of aliphatic hydroxyl groups is 1. The molecule has 0 atom stereocenters. The van der Waals surface area contributed by atoms with Crippen molar-refractivity contribution in [1.29, 1.82) is 0 Å². The van der Waals surface area contributed by atoms with Crippen LogP contribution in [0.2, 0.25) is 0 Å². The molecule has 0 spiro atoms. The van der Waals surface area contributed by atoms with Crippen molar-refractivity contribution in [2.45, 2.75) is 45.6 Å². The van der Waals surface area contributed by atoms with Gasteiger partial charge < -0.3 is 5.11 Å². The Balaban J connectivity index is 1.79. The Bertz CT molecular complexity index is 875. The minimum Gasteiger partial charge on any atom is -0.390 e. The second-order valence-electron chi connectivity index (χ2n) is 6.99. The molecule has 0 unspecified atom stereocenters. The van der Waals surface area contributed by atoms with Crippen molar-refractivity contribution in [3.63, 3.8) is 0 Å². The van der Waals surface area contributed by atoms with Gasteiger partial charge in [0.25, 0.3) is 0 Å². The Morgan fingerprint density at radius 1 is 0.962 bits per heavy atom. The third kappa shape index (κ3) is 4.89. The molecule has 134 valence electrons. The van der Waals surface area contributed by atoms with Crippen LogP contribution in [0, 0.1) is 6.92 Å². The van der Waals surface area contributed by atoms with Gasteiger partial charge in [-0.1, -0.05) is 0 Å². The summed E-state index contributed by atoms with van der Waals surface area (Å²) in [6.07, 6.45) is 9.02. The van der Waals surface area contributed by atoms with Crippen LogP contribution < -0.4 is 0 Å². The van der Waals surface area contributed by atoms with E-state index in [1.807, 2.05) is 25.1 Å². The standard InChI is InChI=1S/C20H23N5O/c1-14-16(13-23-18(24-14)4-8-20(2,3)26)17-7-11-22-19(25-17)12-15-5-9-21-10-6-15/h5-7,9-11,13,26H,4,8,12H2,1-3H3. The van der Waals surface area contributed by atoms with Gasteiger partial charge in [0.05, 0.1) is 17.0 Å². The lowest BCUT2D eigenvalue weighted by atomic mass is 10.0. The first-order valence-corrected chi connectivity index (χ1v) is 8.67. The lowest BCUT2D eigenvalue weighted by Gasteiger charge is -2.16. The minimum absolute atomic E-state index is 0.620. The van der Waals surface area contributed by atoms with Gasteiger partial charge in [-0.3, -0.25) is 4.98 Å². The summed E-state index contributed by atoms with van der Waals surface area (Å²) >= 11 is 0. The highest BCUT2D eigenvalue weighted by Gasteiger charge is 2.14. The van der Waals surface area contributed by atoms with Crippen LogP contribution in [0.1, 0.15) is 43.2 Å². The maximum Gasteiger partial charge on any atom is 0.133 e. The van der Waals surface area contributed by atoms with E-state index in [1.54, 1.807) is 38.6 Å². The molecule has 26 heavy (non-hydrogen) atoms. The first-order valence-electron chi connectivity index (χ1n) is 8.67. The topological polar surface area (TPSA) is 84.7 Å². The summed E-state index contributed by atoms with van der Waals surface area (Å²) in [5, 5.41) is 9.86. The fourth-order valence-electron chi connectivity index (χ4n) is 2.62. The average Bonchev–Trinajstić information content (AvgIpc) is 2.60. The molecular weight excluding hydrogens is 326 g/mol. The van der Waals surface area contributed by atoms with Crippen molar-refractivity contribution < 1.29 is 5.11 Å². The van der Waals surface area contributed by atoms with Gasteiger partial charge in [-0.05, 0) is 51.0 Å². The van der Waals surface area contributed by atoms with Crippen LogP contribution >= 0.6 is 0 Å². The molecule has 0 aromatic carbocycles. The van der Waals surface area contributed by atoms with Gasteiger partial charge >= 0.3 is 0 Å². The zero-order valence-electron chi connectivity index (χ0n) is 15.3. The molecule has 1 N–H and O–H groups in total. The van der Waals surface area contributed by atoms with E-state index in [0.717, 1.165) is 34.2 Å². The van der Waals surface area contributed by atoms with Crippen molar-refractivity contribution >= 4 is 0 Å². The third-order valence-corrected chi connectivity index (χ3v) is 4.08. The molecule has 0 saturated heterocycles. The van der Waals surface area contributed by atoms with Crippen LogP contribution in [0.3, 0.4) is 0 Å². The molecular formula is C20H23N5O. The molecule has 0 aliphatic carbocycles. The molecule has 3 rings (SSSR count). The zero-order valence-corrected chi connectivity index (χ0v) is 15.3. The molecule has 3 aromatic heterocycles. The Kier molecular flexibility index (Phi) is 5.32. The largest absolute Gasteiger partial charge is 0.390 e. The van der Waals surface area contributed by atoms with Gasteiger partial charge in [0.15, 0.2) is 0 Å². The number of aryl methyl sites for hydroxylation is 2. The summed E-state index contributed by atoms with van der Waals surface area (Å²) in [6, 6.07) is 5.79. The third-order valence-electron chi connectivity index (χ3n) is 4.08. The van der Waals surface area contributed by atoms with E-state index < -0.39 is 5.60 Å². The summed E-state index contributed by atoms with van der Waals surface area (Å²) in [7, 11) is 0. The van der Waals surface area contributed by atoms with Crippen LogP contribution in [0.4, 0.5) is 0 Å². The van der Waals surface area contributed by atoms with Crippen LogP contribution in [0.5, 0.6) is 0 Å². The molecule has 0 radical (unpaired) electrons. The summed E-state index contributed by atoms with van der Waals surface area (Å²) < 4.78 is 0. The van der Waals surface area contributed by atoms with Crippen molar-refractivity contribution in [1.82, 2.24) is 24.9 Å². The van der Waals surface area contributed by atoms with Gasteiger partial charge in [0, 0.05) is 43.2 Å². The monoisotopic (exact) mass is 349 g/mol. The van der Waals surface area contributed by atoms with Crippen molar-refractivity contribution in [3.05, 3.63) is 65.9 Å². The van der Waals surface area contributed by atoms with Crippen LogP contribution in [-0.4, -0.2) is 35.6 Å². The Hall–Kier alpha value is -2.73. The SMILES string of the molecule is Cc1nc(CCC(C)(C)O)ncc1-c1ccnc(Cc2ccncc2)n1. The van der Waals surface area contributed by atoms with E-state index in [-0.39, 0.29) is 0 Å². The van der Waals surface area contributed by atoms with Gasteiger partial charge in [0.2, 0.25) is 0 Å². The minimum atomic E-state index is -0.718. The lowest BCUT2D eigenvalue weighted by molar-refractivity contribution is 0.0708. The summed E-state index contributed by atoms with van der Waals surface area (Å²) in [4.78, 5) is 22.1. The fourth-order valence-corrected chi connectivity index (χ4v) is 2.62. The smallest absolute Gasteiger partial charge is 0.133 e. The summed E-state index contributed by atoms with van der Waals surface area (Å²) in [5.74, 6) is 1.48. The Morgan fingerprint density at radius 3 is 2.42 bits per heavy atom. The van der Waals surface area contributed by atoms with Crippen molar-refractivity contribution in [3.8, 4) is 11.3 Å². The highest BCUT2D eigenvalue weighted by molar-refractivity contribution is 5.60. The van der Waals surface area contributed by atoms with Gasteiger partial charge in [-0.2, -0.15) is 0 Å². The first-order chi connectivity index (χ1) is 12.4. The Morgan fingerprint density at radius 2 is 1.73 bits per heavy atom. The average molecular weight is 349 g/mol. The normalized spacial score (nSPS) is 11.5.